The summed E-state index contributed by atoms with van der Waals surface area (Å²) in [7, 11) is -1.39. The van der Waals surface area contributed by atoms with E-state index in [4.69, 9.17) is 9.05 Å². The van der Waals surface area contributed by atoms with E-state index in [0.29, 0.717) is 24.6 Å². The van der Waals surface area contributed by atoms with Gasteiger partial charge in [-0.15, -0.1) is 0 Å². The van der Waals surface area contributed by atoms with E-state index in [9.17, 15) is 9.36 Å². The lowest BCUT2D eigenvalue weighted by atomic mass is 9.92. The second-order valence-electron chi connectivity index (χ2n) is 7.54. The van der Waals surface area contributed by atoms with E-state index in [0.717, 1.165) is 11.3 Å². The molecule has 1 aromatic heterocycles. The van der Waals surface area contributed by atoms with Crippen LogP contribution >= 0.6 is 7.60 Å². The van der Waals surface area contributed by atoms with E-state index in [1.54, 1.807) is 37.7 Å². The Balaban J connectivity index is 2.09. The van der Waals surface area contributed by atoms with Crippen molar-refractivity contribution in [3.8, 4) is 0 Å². The third kappa shape index (κ3) is 5.77. The van der Waals surface area contributed by atoms with Gasteiger partial charge in [0.15, 0.2) is 0 Å². The third-order valence-corrected chi connectivity index (χ3v) is 6.18. The molecule has 0 atom stereocenters. The largest absolute Gasteiger partial charge is 0.335 e. The van der Waals surface area contributed by atoms with Crippen molar-refractivity contribution in [1.29, 1.82) is 0 Å². The molecule has 1 N–H and O–H groups in total. The molecule has 0 radical (unpaired) electrons. The van der Waals surface area contributed by atoms with E-state index in [2.05, 4.69) is 31.2 Å². The maximum atomic E-state index is 12.6. The fraction of sp³-hybridized carbons (Fsp3) is 0.500. The van der Waals surface area contributed by atoms with Crippen LogP contribution in [0.5, 0.6) is 0 Å². The van der Waals surface area contributed by atoms with Crippen molar-refractivity contribution in [3.05, 3.63) is 47.3 Å². The Morgan fingerprint density at radius 2 is 1.71 bits per heavy atom. The van der Waals surface area contributed by atoms with Gasteiger partial charge in [0.05, 0.1) is 25.1 Å². The van der Waals surface area contributed by atoms with E-state index in [1.807, 2.05) is 18.2 Å². The van der Waals surface area contributed by atoms with Gasteiger partial charge < -0.3 is 14.4 Å². The summed E-state index contributed by atoms with van der Waals surface area (Å²) in [5, 5.41) is 7.30. The summed E-state index contributed by atoms with van der Waals surface area (Å²) in [4.78, 5) is 12.6. The lowest BCUT2D eigenvalue weighted by Gasteiger charge is -2.17. The van der Waals surface area contributed by atoms with Crippen LogP contribution in [0.15, 0.2) is 30.3 Å². The Hall–Kier alpha value is -1.95. The Labute approximate surface area is 167 Å². The Kier molecular flexibility index (Phi) is 7.21. The highest BCUT2D eigenvalue weighted by atomic mass is 31.2. The first-order valence-corrected chi connectivity index (χ1v) is 11.1. The topological polar surface area (TPSA) is 82.5 Å². The van der Waals surface area contributed by atoms with Crippen LogP contribution in [0.4, 0.5) is 5.69 Å². The minimum Gasteiger partial charge on any atom is -0.321 e. The summed E-state index contributed by atoms with van der Waals surface area (Å²) >= 11 is 0. The normalized spacial score (nSPS) is 12.2. The lowest BCUT2D eigenvalue weighted by molar-refractivity contribution is 0.101. The van der Waals surface area contributed by atoms with E-state index < -0.39 is 7.60 Å². The van der Waals surface area contributed by atoms with Crippen LogP contribution in [0.2, 0.25) is 0 Å². The standard InChI is InChI=1S/C20H30N3O4P/c1-7-26-28(25,27-8-2)14-15-9-11-16(12-10-15)21-19(24)17-13-18(20(3,4)5)22-23(17)6/h9-13H,7-8,14H2,1-6H3,(H,21,24). The van der Waals surface area contributed by atoms with Crippen molar-refractivity contribution < 1.29 is 18.4 Å². The van der Waals surface area contributed by atoms with E-state index >= 15 is 0 Å². The molecule has 0 saturated heterocycles. The first-order valence-electron chi connectivity index (χ1n) is 9.41. The molecule has 1 heterocycles. The summed E-state index contributed by atoms with van der Waals surface area (Å²) in [6, 6.07) is 8.98. The van der Waals surface area contributed by atoms with Crippen molar-refractivity contribution in [3.63, 3.8) is 0 Å². The summed E-state index contributed by atoms with van der Waals surface area (Å²) in [6.45, 7) is 10.4. The number of hydrogen-bond donors (Lipinski definition) is 1. The van der Waals surface area contributed by atoms with Crippen LogP contribution in [-0.2, 0) is 32.2 Å². The number of anilines is 1. The highest BCUT2D eigenvalue weighted by Crippen LogP contribution is 2.51. The molecule has 154 valence electrons. The van der Waals surface area contributed by atoms with Crippen molar-refractivity contribution in [2.24, 2.45) is 7.05 Å². The molecule has 0 spiro atoms. The van der Waals surface area contributed by atoms with Gasteiger partial charge in [-0.2, -0.15) is 5.10 Å². The summed E-state index contributed by atoms with van der Waals surface area (Å²) in [5.74, 6) is -0.229. The van der Waals surface area contributed by atoms with Crippen molar-refractivity contribution in [2.75, 3.05) is 18.5 Å². The highest BCUT2D eigenvalue weighted by molar-refractivity contribution is 7.53. The molecule has 0 unspecified atom stereocenters. The fourth-order valence-electron chi connectivity index (χ4n) is 2.68. The van der Waals surface area contributed by atoms with Gasteiger partial charge in [-0.25, -0.2) is 0 Å². The Bertz CT molecular complexity index is 843. The number of carbonyl (C=O) groups excluding carboxylic acids is 1. The zero-order valence-corrected chi connectivity index (χ0v) is 18.4. The predicted octanol–water partition coefficient (Wildman–Crippen LogP) is 4.74. The van der Waals surface area contributed by atoms with Crippen LogP contribution in [0.25, 0.3) is 0 Å². The molecule has 1 aromatic carbocycles. The SMILES string of the molecule is CCOP(=O)(Cc1ccc(NC(=O)c2cc(C(C)(C)C)nn2C)cc1)OCC. The van der Waals surface area contributed by atoms with Gasteiger partial charge in [0.1, 0.15) is 5.69 Å². The minimum absolute atomic E-state index is 0.132. The van der Waals surface area contributed by atoms with Crippen molar-refractivity contribution in [2.45, 2.75) is 46.2 Å². The molecule has 28 heavy (non-hydrogen) atoms. The molecule has 0 aliphatic carbocycles. The maximum Gasteiger partial charge on any atom is 0.335 e. The molecule has 0 bridgehead atoms. The van der Waals surface area contributed by atoms with Gasteiger partial charge in [0, 0.05) is 18.2 Å². The predicted molar refractivity (Wildman–Crippen MR) is 111 cm³/mol. The molecular formula is C20H30N3O4P. The van der Waals surface area contributed by atoms with Crippen LogP contribution < -0.4 is 5.32 Å². The molecule has 1 amide bonds. The van der Waals surface area contributed by atoms with Gasteiger partial charge in [-0.05, 0) is 37.6 Å². The number of nitrogens with zero attached hydrogens (tertiary/aromatic N) is 2. The first-order chi connectivity index (χ1) is 13.1. The van der Waals surface area contributed by atoms with Crippen LogP contribution in [-0.4, -0.2) is 28.9 Å². The second kappa shape index (κ2) is 9.03. The lowest BCUT2D eigenvalue weighted by Crippen LogP contribution is -2.16. The van der Waals surface area contributed by atoms with Gasteiger partial charge in [0.2, 0.25) is 0 Å². The molecule has 0 saturated carbocycles. The third-order valence-electron chi connectivity index (χ3n) is 4.12. The van der Waals surface area contributed by atoms with E-state index in [1.165, 1.54) is 0 Å². The van der Waals surface area contributed by atoms with Gasteiger partial charge in [-0.1, -0.05) is 32.9 Å². The average molecular weight is 407 g/mol. The Morgan fingerprint density at radius 1 is 1.14 bits per heavy atom. The van der Waals surface area contributed by atoms with Gasteiger partial charge in [0.25, 0.3) is 5.91 Å². The molecule has 7 nitrogen and oxygen atoms in total. The molecule has 0 aliphatic heterocycles. The zero-order chi connectivity index (χ0) is 20.9. The number of benzene rings is 1. The number of aryl methyl sites for hydroxylation is 1. The maximum absolute atomic E-state index is 12.6. The number of carbonyl (C=O) groups is 1. The number of hydrogen-bond acceptors (Lipinski definition) is 5. The van der Waals surface area contributed by atoms with Crippen molar-refractivity contribution >= 4 is 19.2 Å². The number of rotatable bonds is 8. The summed E-state index contributed by atoms with van der Waals surface area (Å²) in [6.07, 6.45) is 0.194. The van der Waals surface area contributed by atoms with E-state index in [-0.39, 0.29) is 17.5 Å². The molecule has 0 fully saturated rings. The average Bonchev–Trinajstić information content (AvgIpc) is 2.99. The first kappa shape index (κ1) is 22.3. The number of aromatic nitrogens is 2. The molecule has 2 aromatic rings. The number of nitrogens with one attached hydrogen (secondary N) is 1. The zero-order valence-electron chi connectivity index (χ0n) is 17.5. The van der Waals surface area contributed by atoms with Gasteiger partial charge in [-0.3, -0.25) is 14.0 Å². The number of amides is 1. The Morgan fingerprint density at radius 3 is 2.18 bits per heavy atom. The molecule has 8 heteroatoms. The van der Waals surface area contributed by atoms with Crippen LogP contribution in [0, 0.1) is 0 Å². The summed E-state index contributed by atoms with van der Waals surface area (Å²) < 4.78 is 24.9. The summed E-state index contributed by atoms with van der Waals surface area (Å²) in [5.41, 5.74) is 2.69. The second-order valence-corrected chi connectivity index (χ2v) is 9.60. The van der Waals surface area contributed by atoms with Crippen molar-refractivity contribution in [1.82, 2.24) is 9.78 Å². The molecular weight excluding hydrogens is 377 g/mol. The molecule has 0 aliphatic rings. The monoisotopic (exact) mass is 407 g/mol. The van der Waals surface area contributed by atoms with Crippen LogP contribution in [0.1, 0.15) is 56.4 Å². The van der Waals surface area contributed by atoms with Crippen LogP contribution in [0.3, 0.4) is 0 Å². The highest BCUT2D eigenvalue weighted by Gasteiger charge is 2.24. The smallest absolute Gasteiger partial charge is 0.321 e. The van der Waals surface area contributed by atoms with Gasteiger partial charge >= 0.3 is 7.60 Å². The minimum atomic E-state index is -3.15. The molecule has 2 rings (SSSR count). The fourth-order valence-corrected chi connectivity index (χ4v) is 4.38. The quantitative estimate of drug-likeness (QED) is 0.640.